The Hall–Kier alpha value is -2.67. The van der Waals surface area contributed by atoms with E-state index >= 15 is 0 Å². The van der Waals surface area contributed by atoms with Crippen LogP contribution in [0, 0.1) is 0 Å². The number of amides is 2. The van der Waals surface area contributed by atoms with Gasteiger partial charge in [0.1, 0.15) is 5.75 Å². The zero-order valence-electron chi connectivity index (χ0n) is 15.9. The van der Waals surface area contributed by atoms with Crippen LogP contribution >= 0.6 is 35.0 Å². The molecule has 0 atom stereocenters. The van der Waals surface area contributed by atoms with E-state index in [9.17, 15) is 9.59 Å². The second-order valence-corrected chi connectivity index (χ2v) is 8.06. The summed E-state index contributed by atoms with van der Waals surface area (Å²) in [7, 11) is 1.59. The fraction of sp³-hybridized carbons (Fsp3) is 0.0909. The van der Waals surface area contributed by atoms with Gasteiger partial charge in [0.25, 0.3) is 5.91 Å². The van der Waals surface area contributed by atoms with Gasteiger partial charge >= 0.3 is 0 Å². The molecule has 3 aromatic rings. The number of hydrogen-bond donors (Lipinski definition) is 2. The molecule has 0 saturated carbocycles. The minimum absolute atomic E-state index is 0.132. The van der Waals surface area contributed by atoms with Crippen molar-refractivity contribution in [1.82, 2.24) is 0 Å². The van der Waals surface area contributed by atoms with Crippen LogP contribution in [0.3, 0.4) is 0 Å². The molecule has 0 radical (unpaired) electrons. The van der Waals surface area contributed by atoms with Crippen LogP contribution in [0.25, 0.3) is 0 Å². The number of benzene rings is 3. The molecular weight excluding hydrogens is 443 g/mol. The van der Waals surface area contributed by atoms with Gasteiger partial charge in [-0.2, -0.15) is 0 Å². The molecule has 2 amide bonds. The average Bonchev–Trinajstić information content (AvgIpc) is 2.73. The van der Waals surface area contributed by atoms with E-state index in [1.807, 2.05) is 12.1 Å². The summed E-state index contributed by atoms with van der Waals surface area (Å²) >= 11 is 13.3. The van der Waals surface area contributed by atoms with E-state index in [-0.39, 0.29) is 22.6 Å². The molecule has 0 aliphatic carbocycles. The van der Waals surface area contributed by atoms with Crippen molar-refractivity contribution in [3.63, 3.8) is 0 Å². The van der Waals surface area contributed by atoms with E-state index in [1.54, 1.807) is 55.6 Å². The first-order chi connectivity index (χ1) is 14.4. The molecular formula is C22H18Cl2N2O3S. The summed E-state index contributed by atoms with van der Waals surface area (Å²) in [4.78, 5) is 25.5. The van der Waals surface area contributed by atoms with Crippen molar-refractivity contribution in [3.8, 4) is 5.75 Å². The molecule has 2 N–H and O–H groups in total. The maximum absolute atomic E-state index is 12.5. The highest BCUT2D eigenvalue weighted by Crippen LogP contribution is 2.25. The van der Waals surface area contributed by atoms with Crippen molar-refractivity contribution in [3.05, 3.63) is 82.3 Å². The fourth-order valence-electron chi connectivity index (χ4n) is 2.56. The summed E-state index contributed by atoms with van der Waals surface area (Å²) in [6.45, 7) is 0. The van der Waals surface area contributed by atoms with Crippen molar-refractivity contribution in [2.75, 3.05) is 23.5 Å². The Balaban J connectivity index is 1.57. The van der Waals surface area contributed by atoms with Crippen molar-refractivity contribution >= 4 is 58.2 Å². The highest BCUT2D eigenvalue weighted by molar-refractivity contribution is 8.00. The normalized spacial score (nSPS) is 10.4. The summed E-state index contributed by atoms with van der Waals surface area (Å²) in [5, 5.41) is 6.38. The molecule has 0 bridgehead atoms. The van der Waals surface area contributed by atoms with Crippen LogP contribution in [0.15, 0.2) is 71.6 Å². The second-order valence-electron chi connectivity index (χ2n) is 6.17. The zero-order valence-corrected chi connectivity index (χ0v) is 18.3. The van der Waals surface area contributed by atoms with Crippen LogP contribution in [-0.2, 0) is 4.79 Å². The number of nitrogens with one attached hydrogen (secondary N) is 2. The first-order valence-corrected chi connectivity index (χ1v) is 10.6. The molecule has 0 fully saturated rings. The van der Waals surface area contributed by atoms with Crippen molar-refractivity contribution < 1.29 is 14.3 Å². The first kappa shape index (κ1) is 22.0. The summed E-state index contributed by atoms with van der Waals surface area (Å²) in [5.74, 6) is 0.483. The van der Waals surface area contributed by atoms with Gasteiger partial charge in [0.2, 0.25) is 5.91 Å². The van der Waals surface area contributed by atoms with Crippen molar-refractivity contribution in [2.24, 2.45) is 0 Å². The lowest BCUT2D eigenvalue weighted by molar-refractivity contribution is -0.113. The standard InChI is InChI=1S/C22H18Cl2N2O3S/c1-29-17-8-6-15(7-9-17)25-21(27)13-30-18-4-2-3-16(12-18)26-22(28)19-10-5-14(23)11-20(19)24/h2-12H,13H2,1H3,(H,25,27)(H,26,28). The molecule has 3 aromatic carbocycles. The SMILES string of the molecule is COc1ccc(NC(=O)CSc2cccc(NC(=O)c3ccc(Cl)cc3Cl)c2)cc1. The van der Waals surface area contributed by atoms with Gasteiger partial charge < -0.3 is 15.4 Å². The average molecular weight is 461 g/mol. The molecule has 5 nitrogen and oxygen atoms in total. The predicted molar refractivity (Wildman–Crippen MR) is 123 cm³/mol. The Labute approximate surface area is 188 Å². The molecule has 0 unspecified atom stereocenters. The highest BCUT2D eigenvalue weighted by Gasteiger charge is 2.12. The molecule has 3 rings (SSSR count). The lowest BCUT2D eigenvalue weighted by Gasteiger charge is -2.09. The highest BCUT2D eigenvalue weighted by atomic mass is 35.5. The molecule has 0 aliphatic rings. The largest absolute Gasteiger partial charge is 0.497 e. The van der Waals surface area contributed by atoms with Crippen LogP contribution < -0.4 is 15.4 Å². The topological polar surface area (TPSA) is 67.4 Å². The molecule has 0 aliphatic heterocycles. The van der Waals surface area contributed by atoms with Gasteiger partial charge in [-0.05, 0) is 60.7 Å². The lowest BCUT2D eigenvalue weighted by Crippen LogP contribution is -2.14. The summed E-state index contributed by atoms with van der Waals surface area (Å²) in [5.41, 5.74) is 1.63. The smallest absolute Gasteiger partial charge is 0.257 e. The van der Waals surface area contributed by atoms with E-state index in [4.69, 9.17) is 27.9 Å². The van der Waals surface area contributed by atoms with E-state index in [1.165, 1.54) is 17.8 Å². The molecule has 8 heteroatoms. The Morgan fingerprint density at radius 1 is 0.933 bits per heavy atom. The molecule has 30 heavy (non-hydrogen) atoms. The Kier molecular flexibility index (Phi) is 7.63. The van der Waals surface area contributed by atoms with Gasteiger partial charge in [-0.3, -0.25) is 9.59 Å². The summed E-state index contributed by atoms with van der Waals surface area (Å²) in [6.07, 6.45) is 0. The van der Waals surface area contributed by atoms with Crippen molar-refractivity contribution in [2.45, 2.75) is 4.90 Å². The zero-order chi connectivity index (χ0) is 21.5. The van der Waals surface area contributed by atoms with Crippen LogP contribution in [0.2, 0.25) is 10.0 Å². The number of thioether (sulfide) groups is 1. The quantitative estimate of drug-likeness (QED) is 0.425. The number of anilines is 2. The van der Waals surface area contributed by atoms with Crippen LogP contribution in [-0.4, -0.2) is 24.7 Å². The maximum Gasteiger partial charge on any atom is 0.257 e. The monoisotopic (exact) mass is 460 g/mol. The third-order valence-electron chi connectivity index (χ3n) is 4.01. The van der Waals surface area contributed by atoms with Crippen LogP contribution in [0.4, 0.5) is 11.4 Å². The van der Waals surface area contributed by atoms with Gasteiger partial charge in [0.15, 0.2) is 0 Å². The predicted octanol–water partition coefficient (Wildman–Crippen LogP) is 5.99. The van der Waals surface area contributed by atoms with E-state index in [0.717, 1.165) is 10.6 Å². The molecule has 0 heterocycles. The Morgan fingerprint density at radius 2 is 1.70 bits per heavy atom. The van der Waals surface area contributed by atoms with Crippen molar-refractivity contribution in [1.29, 1.82) is 0 Å². The lowest BCUT2D eigenvalue weighted by atomic mass is 10.2. The molecule has 154 valence electrons. The number of rotatable bonds is 7. The minimum atomic E-state index is -0.337. The number of hydrogen-bond acceptors (Lipinski definition) is 4. The van der Waals surface area contributed by atoms with Gasteiger partial charge in [-0.1, -0.05) is 29.3 Å². The number of carbonyl (C=O) groups is 2. The fourth-order valence-corrected chi connectivity index (χ4v) is 3.81. The molecule has 0 spiro atoms. The van der Waals surface area contributed by atoms with Gasteiger partial charge in [-0.15, -0.1) is 11.8 Å². The Morgan fingerprint density at radius 3 is 2.40 bits per heavy atom. The summed E-state index contributed by atoms with van der Waals surface area (Å²) in [6, 6.07) is 19.1. The summed E-state index contributed by atoms with van der Waals surface area (Å²) < 4.78 is 5.10. The third kappa shape index (κ3) is 6.16. The third-order valence-corrected chi connectivity index (χ3v) is 5.55. The van der Waals surface area contributed by atoms with Gasteiger partial charge in [0.05, 0.1) is 23.4 Å². The number of ether oxygens (including phenoxy) is 1. The van der Waals surface area contributed by atoms with Gasteiger partial charge in [-0.25, -0.2) is 0 Å². The number of carbonyl (C=O) groups excluding carboxylic acids is 2. The van der Waals surface area contributed by atoms with Crippen LogP contribution in [0.1, 0.15) is 10.4 Å². The van der Waals surface area contributed by atoms with E-state index in [0.29, 0.717) is 22.0 Å². The first-order valence-electron chi connectivity index (χ1n) is 8.88. The molecule has 0 aromatic heterocycles. The van der Waals surface area contributed by atoms with Crippen LogP contribution in [0.5, 0.6) is 5.75 Å². The Bertz CT molecular complexity index is 1060. The van der Waals surface area contributed by atoms with Gasteiger partial charge in [0, 0.05) is 21.3 Å². The number of methoxy groups -OCH3 is 1. The maximum atomic E-state index is 12.5. The second kappa shape index (κ2) is 10.4. The minimum Gasteiger partial charge on any atom is -0.497 e. The van der Waals surface area contributed by atoms with E-state index in [2.05, 4.69) is 10.6 Å². The number of halogens is 2. The van der Waals surface area contributed by atoms with E-state index < -0.39 is 0 Å². The molecule has 0 saturated heterocycles.